The van der Waals surface area contributed by atoms with Crippen LogP contribution >= 0.6 is 0 Å². The molecule has 2 saturated carbocycles. The van der Waals surface area contributed by atoms with E-state index in [1.807, 2.05) is 0 Å². The van der Waals surface area contributed by atoms with E-state index in [2.05, 4.69) is 28.5 Å². The summed E-state index contributed by atoms with van der Waals surface area (Å²) in [6.45, 7) is 2.07. The topological polar surface area (TPSA) is 18.5 Å². The smallest absolute Gasteiger partial charge is 0.426 e. The minimum absolute atomic E-state index is 0.281. The van der Waals surface area contributed by atoms with Crippen LogP contribution in [0, 0.1) is 29.4 Å². The van der Waals surface area contributed by atoms with E-state index in [9.17, 15) is 30.7 Å². The number of hydrogen-bond donors (Lipinski definition) is 0. The van der Waals surface area contributed by atoms with Crippen LogP contribution in [-0.2, 0) is 6.11 Å². The van der Waals surface area contributed by atoms with Crippen LogP contribution in [0.2, 0.25) is 0 Å². The lowest BCUT2D eigenvalue weighted by atomic mass is 9.68. The lowest BCUT2D eigenvalue weighted by molar-refractivity contribution is -0.185. The van der Waals surface area contributed by atoms with Gasteiger partial charge in [0.15, 0.2) is 11.6 Å². The van der Waals surface area contributed by atoms with Gasteiger partial charge in [-0.1, -0.05) is 24.3 Å². The van der Waals surface area contributed by atoms with Crippen LogP contribution in [0.3, 0.4) is 0 Å². The predicted molar refractivity (Wildman–Crippen MR) is 133 cm³/mol. The Hall–Kier alpha value is -2.97. The van der Waals surface area contributed by atoms with Crippen molar-refractivity contribution in [2.45, 2.75) is 70.3 Å². The van der Waals surface area contributed by atoms with Crippen molar-refractivity contribution in [1.82, 2.24) is 0 Å². The summed E-state index contributed by atoms with van der Waals surface area (Å²) in [5, 5.41) is 0. The molecule has 2 aromatic carbocycles. The largest absolute Gasteiger partial charge is 0.429 e. The predicted octanol–water partition coefficient (Wildman–Crippen LogP) is 10.2. The Kier molecular flexibility index (Phi) is 9.28. The van der Waals surface area contributed by atoms with Crippen molar-refractivity contribution in [3.05, 3.63) is 83.4 Å². The second-order valence-electron chi connectivity index (χ2n) is 10.4. The molecule has 0 heterocycles. The Morgan fingerprint density at radius 2 is 1.36 bits per heavy atom. The van der Waals surface area contributed by atoms with E-state index in [1.165, 1.54) is 37.8 Å². The molecule has 212 valence electrons. The van der Waals surface area contributed by atoms with Gasteiger partial charge in [-0.05, 0) is 99.7 Å². The van der Waals surface area contributed by atoms with Crippen molar-refractivity contribution < 1.29 is 40.2 Å². The maximum atomic E-state index is 14.8. The normalized spacial score (nSPS) is 24.0. The third-order valence-corrected chi connectivity index (χ3v) is 8.00. The zero-order valence-electron chi connectivity index (χ0n) is 21.5. The Labute approximate surface area is 223 Å². The highest BCUT2D eigenvalue weighted by atomic mass is 19.3. The zero-order valence-corrected chi connectivity index (χ0v) is 21.5. The molecule has 0 bridgehead atoms. The van der Waals surface area contributed by atoms with E-state index < -0.39 is 46.9 Å². The molecule has 0 aromatic heterocycles. The lowest BCUT2D eigenvalue weighted by Gasteiger charge is -2.37. The lowest BCUT2D eigenvalue weighted by Crippen LogP contribution is -2.25. The molecule has 39 heavy (non-hydrogen) atoms. The number of allylic oxidation sites excluding steroid dienone is 2. The summed E-state index contributed by atoms with van der Waals surface area (Å²) in [5.74, 6) is -3.33. The molecule has 2 aliphatic carbocycles. The quantitative estimate of drug-likeness (QED) is 0.183. The van der Waals surface area contributed by atoms with Crippen molar-refractivity contribution in [2.75, 3.05) is 0 Å². The van der Waals surface area contributed by atoms with Crippen LogP contribution in [0.25, 0.3) is 0 Å². The van der Waals surface area contributed by atoms with Crippen LogP contribution in [0.4, 0.5) is 30.7 Å². The van der Waals surface area contributed by atoms with Crippen molar-refractivity contribution in [2.24, 2.45) is 17.8 Å². The molecular formula is C30H31F7O2. The fraction of sp³-hybridized carbons (Fsp3) is 0.467. The van der Waals surface area contributed by atoms with Gasteiger partial charge in [0.1, 0.15) is 5.75 Å². The summed E-state index contributed by atoms with van der Waals surface area (Å²) < 4.78 is 103. The van der Waals surface area contributed by atoms with Gasteiger partial charge < -0.3 is 9.47 Å². The second kappa shape index (κ2) is 12.5. The van der Waals surface area contributed by atoms with Gasteiger partial charge in [0.2, 0.25) is 5.75 Å². The molecule has 0 aliphatic heterocycles. The first-order valence-corrected chi connectivity index (χ1v) is 13.2. The molecule has 2 aliphatic rings. The standard InChI is InChI=1S/C30H31F7O2/c1-2-3-18-4-6-19(7-5-18)20-8-10-21(11-9-20)22-12-14-23(15-13-22)30(36,37)39-24-16-25(31)27(26(32)17-24)38-29(35)28(33)34/h2-3,12-21H,4-11H2,1H3. The average Bonchev–Trinajstić information content (AvgIpc) is 2.91. The van der Waals surface area contributed by atoms with E-state index in [4.69, 9.17) is 0 Å². The SMILES string of the molecule is CC=CC1CCC(C2CCC(c3ccc(C(F)(F)Oc4cc(F)c(OC(F)=C(F)F)c(F)c4)cc3)CC2)CC1. The van der Waals surface area contributed by atoms with Gasteiger partial charge in [-0.15, -0.1) is 0 Å². The second-order valence-corrected chi connectivity index (χ2v) is 10.4. The molecule has 0 spiro atoms. The molecule has 0 saturated heterocycles. The van der Waals surface area contributed by atoms with Crippen LogP contribution in [-0.4, -0.2) is 0 Å². The molecule has 0 N–H and O–H groups in total. The Morgan fingerprint density at radius 1 is 0.821 bits per heavy atom. The van der Waals surface area contributed by atoms with Gasteiger partial charge >= 0.3 is 18.2 Å². The third-order valence-electron chi connectivity index (χ3n) is 8.00. The first kappa shape index (κ1) is 29.0. The fourth-order valence-electron chi connectivity index (χ4n) is 5.98. The summed E-state index contributed by atoms with van der Waals surface area (Å²) in [4.78, 5) is 0. The van der Waals surface area contributed by atoms with Gasteiger partial charge in [-0.25, -0.2) is 8.78 Å². The first-order chi connectivity index (χ1) is 18.6. The fourth-order valence-corrected chi connectivity index (χ4v) is 5.98. The maximum absolute atomic E-state index is 14.8. The number of rotatable bonds is 8. The molecule has 0 radical (unpaired) electrons. The average molecular weight is 557 g/mol. The number of hydrogen-bond acceptors (Lipinski definition) is 2. The highest BCUT2D eigenvalue weighted by Gasteiger charge is 2.36. The number of halogens is 7. The van der Waals surface area contributed by atoms with E-state index in [-0.39, 0.29) is 5.92 Å². The third kappa shape index (κ3) is 7.17. The Bertz CT molecular complexity index is 1150. The summed E-state index contributed by atoms with van der Waals surface area (Å²) in [6.07, 6.45) is 6.85. The molecular weight excluding hydrogens is 525 g/mol. The minimum Gasteiger partial charge on any atom is -0.429 e. The van der Waals surface area contributed by atoms with E-state index in [0.717, 1.165) is 37.2 Å². The number of ether oxygens (including phenoxy) is 2. The highest BCUT2D eigenvalue weighted by molar-refractivity contribution is 5.36. The molecule has 0 atom stereocenters. The molecule has 2 nitrogen and oxygen atoms in total. The molecule has 2 aromatic rings. The molecule has 4 rings (SSSR count). The van der Waals surface area contributed by atoms with Crippen LogP contribution in [0.5, 0.6) is 11.5 Å². The summed E-state index contributed by atoms with van der Waals surface area (Å²) in [6, 6.07) is 3.78. The van der Waals surface area contributed by atoms with Gasteiger partial charge in [-0.3, -0.25) is 0 Å². The minimum atomic E-state index is -3.94. The van der Waals surface area contributed by atoms with Gasteiger partial charge in [0, 0.05) is 12.1 Å². The highest BCUT2D eigenvalue weighted by Crippen LogP contribution is 2.44. The van der Waals surface area contributed by atoms with Gasteiger partial charge in [-0.2, -0.15) is 22.0 Å². The van der Waals surface area contributed by atoms with Crippen LogP contribution in [0.1, 0.15) is 75.3 Å². The van der Waals surface area contributed by atoms with Gasteiger partial charge in [0.05, 0.1) is 5.56 Å². The van der Waals surface area contributed by atoms with Crippen molar-refractivity contribution in [1.29, 1.82) is 0 Å². The first-order valence-electron chi connectivity index (χ1n) is 13.2. The molecule has 0 amide bonds. The van der Waals surface area contributed by atoms with E-state index in [1.54, 1.807) is 12.1 Å². The maximum Gasteiger partial charge on any atom is 0.426 e. The number of benzene rings is 2. The molecule has 9 heteroatoms. The monoisotopic (exact) mass is 556 g/mol. The van der Waals surface area contributed by atoms with Crippen molar-refractivity contribution in [3.8, 4) is 11.5 Å². The Morgan fingerprint density at radius 3 is 1.87 bits per heavy atom. The van der Waals surface area contributed by atoms with Crippen molar-refractivity contribution in [3.63, 3.8) is 0 Å². The Balaban J connectivity index is 1.35. The summed E-state index contributed by atoms with van der Waals surface area (Å²) >= 11 is 0. The number of alkyl halides is 2. The van der Waals surface area contributed by atoms with Crippen LogP contribution in [0.15, 0.2) is 60.6 Å². The molecule has 2 fully saturated rings. The molecule has 0 unspecified atom stereocenters. The summed E-state index contributed by atoms with van der Waals surface area (Å²) in [5.41, 5.74) is 0.436. The van der Waals surface area contributed by atoms with Crippen molar-refractivity contribution >= 4 is 0 Å². The van der Waals surface area contributed by atoms with E-state index >= 15 is 0 Å². The van der Waals surface area contributed by atoms with Crippen LogP contribution < -0.4 is 9.47 Å². The van der Waals surface area contributed by atoms with Gasteiger partial charge in [0.25, 0.3) is 0 Å². The zero-order chi connectivity index (χ0) is 28.2. The van der Waals surface area contributed by atoms with E-state index in [0.29, 0.717) is 24.0 Å². The summed E-state index contributed by atoms with van der Waals surface area (Å²) in [7, 11) is 0.